The van der Waals surface area contributed by atoms with Crippen LogP contribution in [0, 0.1) is 5.41 Å². The zero-order chi connectivity index (χ0) is 17.4. The molecule has 0 saturated carbocycles. The highest BCUT2D eigenvalue weighted by atomic mass is 28.4. The average Bonchev–Trinajstić information content (AvgIpc) is 2.49. The number of hydrogen-bond acceptors (Lipinski definition) is 6. The Labute approximate surface area is 141 Å². The predicted molar refractivity (Wildman–Crippen MR) is 95.7 cm³/mol. The van der Waals surface area contributed by atoms with Crippen molar-refractivity contribution >= 4 is 14.8 Å². The van der Waals surface area contributed by atoms with Gasteiger partial charge in [-0.25, -0.2) is 0 Å². The van der Waals surface area contributed by atoms with Gasteiger partial charge in [0.1, 0.15) is 0 Å². The zero-order valence-corrected chi connectivity index (χ0v) is 15.9. The summed E-state index contributed by atoms with van der Waals surface area (Å²) in [6, 6.07) is 0.839. The van der Waals surface area contributed by atoms with Crippen LogP contribution in [0.3, 0.4) is 0 Å². The minimum atomic E-state index is -2.49. The monoisotopic (exact) mass is 349 g/mol. The van der Waals surface area contributed by atoms with Crippen molar-refractivity contribution in [2.24, 2.45) is 5.73 Å². The van der Waals surface area contributed by atoms with Gasteiger partial charge in [-0.05, 0) is 33.7 Å². The molecular weight excluding hydrogens is 314 g/mol. The highest BCUT2D eigenvalue weighted by Gasteiger charge is 2.39. The first kappa shape index (κ1) is 22.3. The lowest BCUT2D eigenvalue weighted by Gasteiger charge is -2.28. The molecule has 0 atom stereocenters. The zero-order valence-electron chi connectivity index (χ0n) is 14.9. The molecule has 0 fully saturated rings. The lowest BCUT2D eigenvalue weighted by molar-refractivity contribution is 0.0708. The fraction of sp³-hybridized carbons (Fsp3) is 0.929. The van der Waals surface area contributed by atoms with E-state index in [1.807, 2.05) is 20.8 Å². The maximum atomic E-state index is 7.03. The minimum Gasteiger partial charge on any atom is -0.374 e. The molecule has 0 aliphatic rings. The summed E-state index contributed by atoms with van der Waals surface area (Å²) >= 11 is 0. The molecule has 0 rings (SSSR count). The van der Waals surface area contributed by atoms with Crippen LogP contribution in [0.25, 0.3) is 0 Å². The van der Waals surface area contributed by atoms with Crippen molar-refractivity contribution in [3.63, 3.8) is 0 Å². The predicted octanol–water partition coefficient (Wildman–Crippen LogP) is 0.0872. The molecule has 0 heterocycles. The van der Waals surface area contributed by atoms with E-state index >= 15 is 0 Å². The summed E-state index contributed by atoms with van der Waals surface area (Å²) < 4.78 is 17.5. The number of hydrogen-bond donors (Lipinski definition) is 5. The largest absolute Gasteiger partial charge is 0.500 e. The quantitative estimate of drug-likeness (QED) is 0.116. The molecule has 138 valence electrons. The van der Waals surface area contributed by atoms with Gasteiger partial charge in [0.15, 0.2) is 5.96 Å². The Morgan fingerprint density at radius 3 is 1.83 bits per heavy atom. The van der Waals surface area contributed by atoms with Crippen LogP contribution in [0.2, 0.25) is 6.04 Å². The van der Waals surface area contributed by atoms with Crippen LogP contribution < -0.4 is 21.7 Å². The summed E-state index contributed by atoms with van der Waals surface area (Å²) in [7, 11) is -2.49. The first-order chi connectivity index (χ1) is 11.1. The highest BCUT2D eigenvalue weighted by Crippen LogP contribution is 2.17. The van der Waals surface area contributed by atoms with E-state index in [1.54, 1.807) is 0 Å². The number of nitrogens with one attached hydrogen (secondary N) is 4. The fourth-order valence-corrected chi connectivity index (χ4v) is 4.76. The molecule has 0 aromatic heterocycles. The Hall–Kier alpha value is -0.713. The van der Waals surface area contributed by atoms with E-state index in [0.29, 0.717) is 26.4 Å². The Morgan fingerprint density at radius 2 is 1.35 bits per heavy atom. The van der Waals surface area contributed by atoms with Crippen molar-refractivity contribution in [2.45, 2.75) is 33.2 Å². The molecule has 0 aliphatic heterocycles. The van der Waals surface area contributed by atoms with Crippen molar-refractivity contribution in [1.29, 1.82) is 5.41 Å². The van der Waals surface area contributed by atoms with Crippen molar-refractivity contribution in [2.75, 3.05) is 52.5 Å². The van der Waals surface area contributed by atoms with Crippen molar-refractivity contribution in [3.05, 3.63) is 0 Å². The van der Waals surface area contributed by atoms with Gasteiger partial charge < -0.3 is 35.0 Å². The molecule has 0 bridgehead atoms. The number of rotatable bonds is 16. The van der Waals surface area contributed by atoms with Gasteiger partial charge in [0.05, 0.1) is 0 Å². The van der Waals surface area contributed by atoms with Crippen LogP contribution in [0.5, 0.6) is 0 Å². The Kier molecular flexibility index (Phi) is 14.4. The lowest BCUT2D eigenvalue weighted by Crippen LogP contribution is -2.46. The SMILES string of the molecule is CCO[Si](CCCNCCNCCNC(=N)N)(OCC)OCC. The van der Waals surface area contributed by atoms with E-state index in [1.165, 1.54) is 0 Å². The smallest absolute Gasteiger partial charge is 0.374 e. The summed E-state index contributed by atoms with van der Waals surface area (Å²) in [5.74, 6) is 0.00969. The maximum Gasteiger partial charge on any atom is 0.500 e. The minimum absolute atomic E-state index is 0.00969. The summed E-state index contributed by atoms with van der Waals surface area (Å²) in [6.45, 7) is 11.9. The summed E-state index contributed by atoms with van der Waals surface area (Å²) in [5, 5.41) is 16.4. The van der Waals surface area contributed by atoms with Crippen LogP contribution >= 0.6 is 0 Å². The second-order valence-corrected chi connectivity index (χ2v) is 7.66. The van der Waals surface area contributed by atoms with Crippen LogP contribution in [-0.2, 0) is 13.3 Å². The second-order valence-electron chi connectivity index (χ2n) is 4.93. The fourth-order valence-electron chi connectivity index (χ4n) is 2.14. The molecule has 0 unspecified atom stereocenters. The van der Waals surface area contributed by atoms with Crippen LogP contribution in [0.15, 0.2) is 0 Å². The van der Waals surface area contributed by atoms with Crippen LogP contribution in [0.1, 0.15) is 27.2 Å². The lowest BCUT2D eigenvalue weighted by atomic mass is 10.4. The molecular formula is C14H35N5O3Si. The van der Waals surface area contributed by atoms with Gasteiger partial charge in [-0.1, -0.05) is 0 Å². The van der Waals surface area contributed by atoms with Crippen molar-refractivity contribution in [3.8, 4) is 0 Å². The number of guanidine groups is 1. The van der Waals surface area contributed by atoms with E-state index in [9.17, 15) is 0 Å². The summed E-state index contributed by atoms with van der Waals surface area (Å²) in [4.78, 5) is 0. The topological polar surface area (TPSA) is 114 Å². The van der Waals surface area contributed by atoms with E-state index in [2.05, 4.69) is 16.0 Å². The van der Waals surface area contributed by atoms with E-state index in [4.69, 9.17) is 24.4 Å². The third-order valence-electron chi connectivity index (χ3n) is 3.03. The maximum absolute atomic E-state index is 7.03. The third-order valence-corrected chi connectivity index (χ3v) is 6.18. The molecule has 0 saturated heterocycles. The van der Waals surface area contributed by atoms with Gasteiger partial charge in [-0.2, -0.15) is 0 Å². The summed E-state index contributed by atoms with van der Waals surface area (Å²) in [6.07, 6.45) is 0.970. The highest BCUT2D eigenvalue weighted by molar-refractivity contribution is 6.60. The van der Waals surface area contributed by atoms with Crippen LogP contribution in [-0.4, -0.2) is 67.3 Å². The van der Waals surface area contributed by atoms with Gasteiger partial charge in [0.25, 0.3) is 0 Å². The number of nitrogens with two attached hydrogens (primary N) is 1. The molecule has 6 N–H and O–H groups in total. The van der Waals surface area contributed by atoms with E-state index in [-0.39, 0.29) is 5.96 Å². The summed E-state index contributed by atoms with van der Waals surface area (Å²) in [5.41, 5.74) is 5.19. The molecule has 23 heavy (non-hydrogen) atoms. The molecule has 0 aromatic carbocycles. The second kappa shape index (κ2) is 14.9. The molecule has 0 aromatic rings. The first-order valence-corrected chi connectivity index (χ1v) is 10.4. The molecule has 9 heteroatoms. The van der Waals surface area contributed by atoms with Gasteiger partial charge >= 0.3 is 8.80 Å². The molecule has 0 spiro atoms. The Bertz CT molecular complexity index is 281. The Balaban J connectivity index is 3.71. The third kappa shape index (κ3) is 12.4. The Morgan fingerprint density at radius 1 is 0.870 bits per heavy atom. The molecule has 0 radical (unpaired) electrons. The molecule has 0 amide bonds. The standard InChI is InChI=1S/C14H35N5O3Si/c1-4-20-23(21-5-2,22-6-3)13-7-8-17-9-10-18-11-12-19-14(15)16/h17-18H,4-13H2,1-3H3,(H4,15,16,19). The van der Waals surface area contributed by atoms with Gasteiger partial charge in [0, 0.05) is 52.0 Å². The van der Waals surface area contributed by atoms with Crippen molar-refractivity contribution < 1.29 is 13.3 Å². The van der Waals surface area contributed by atoms with Gasteiger partial charge in [-0.15, -0.1) is 0 Å². The van der Waals surface area contributed by atoms with Gasteiger partial charge in [-0.3, -0.25) is 5.41 Å². The first-order valence-electron chi connectivity index (χ1n) is 8.51. The molecule has 0 aliphatic carbocycles. The van der Waals surface area contributed by atoms with Crippen molar-refractivity contribution in [1.82, 2.24) is 16.0 Å². The molecule has 8 nitrogen and oxygen atoms in total. The van der Waals surface area contributed by atoms with Gasteiger partial charge in [0.2, 0.25) is 0 Å². The van der Waals surface area contributed by atoms with E-state index in [0.717, 1.165) is 38.6 Å². The normalized spacial score (nSPS) is 11.6. The van der Waals surface area contributed by atoms with Crippen LogP contribution in [0.4, 0.5) is 0 Å². The van der Waals surface area contributed by atoms with E-state index < -0.39 is 8.80 Å². The average molecular weight is 350 g/mol.